The second-order valence-corrected chi connectivity index (χ2v) is 13.5. The Balaban J connectivity index is 0.00000448. The van der Waals surface area contributed by atoms with Gasteiger partial charge in [0.05, 0.1) is 25.0 Å². The summed E-state index contributed by atoms with van der Waals surface area (Å²) in [5.41, 5.74) is 9.08. The van der Waals surface area contributed by atoms with Crippen molar-refractivity contribution in [3.05, 3.63) is 120 Å². The molecule has 0 saturated carbocycles. The van der Waals surface area contributed by atoms with Crippen molar-refractivity contribution in [3.63, 3.8) is 0 Å². The van der Waals surface area contributed by atoms with Crippen LogP contribution in [-0.4, -0.2) is 32.5 Å². The maximum atomic E-state index is 6.43. The zero-order valence-electron chi connectivity index (χ0n) is 30.3. The van der Waals surface area contributed by atoms with E-state index in [1.54, 1.807) is 4.68 Å². The molecule has 0 aliphatic carbocycles. The van der Waals surface area contributed by atoms with Crippen LogP contribution in [0.4, 0.5) is 0 Å². The van der Waals surface area contributed by atoms with Crippen LogP contribution in [0.2, 0.25) is 0 Å². The van der Waals surface area contributed by atoms with Crippen molar-refractivity contribution in [1.29, 1.82) is 0 Å². The van der Waals surface area contributed by atoms with E-state index in [2.05, 4.69) is 101 Å². The number of hydrogen-bond acceptors (Lipinski definition) is 5. The van der Waals surface area contributed by atoms with Crippen molar-refractivity contribution in [2.24, 2.45) is 0 Å². The van der Waals surface area contributed by atoms with Crippen LogP contribution in [0.15, 0.2) is 85.3 Å². The van der Waals surface area contributed by atoms with Crippen LogP contribution < -0.4 is 14.2 Å². The Morgan fingerprint density at radius 1 is 0.765 bits per heavy atom. The van der Waals surface area contributed by atoms with E-state index < -0.39 is 0 Å². The fourth-order valence-electron chi connectivity index (χ4n) is 6.52. The second kappa shape index (κ2) is 14.4. The largest absolute Gasteiger partial charge is 2.00 e. The summed E-state index contributed by atoms with van der Waals surface area (Å²) in [7, 11) is 0. The molecule has 0 aliphatic rings. The minimum absolute atomic E-state index is 0. The summed E-state index contributed by atoms with van der Waals surface area (Å²) in [5, 5.41) is 6.95. The van der Waals surface area contributed by atoms with Crippen LogP contribution in [0.3, 0.4) is 0 Å². The van der Waals surface area contributed by atoms with E-state index in [1.807, 2.05) is 56.7 Å². The number of pyridine rings is 1. The number of para-hydroxylation sites is 1. The van der Waals surface area contributed by atoms with Crippen LogP contribution in [0.5, 0.6) is 23.0 Å². The number of ether oxygens (including phenoxy) is 3. The van der Waals surface area contributed by atoms with Crippen LogP contribution in [0.25, 0.3) is 44.4 Å². The average Bonchev–Trinajstić information content (AvgIpc) is 3.72. The van der Waals surface area contributed by atoms with Gasteiger partial charge in [0, 0.05) is 35.0 Å². The van der Waals surface area contributed by atoms with Crippen LogP contribution in [0.1, 0.15) is 56.9 Å². The summed E-state index contributed by atoms with van der Waals surface area (Å²) in [6, 6.07) is 29.4. The molecule has 0 atom stereocenters. The third-order valence-electron chi connectivity index (χ3n) is 9.33. The molecule has 0 N–H and O–H groups in total. The third-order valence-corrected chi connectivity index (χ3v) is 9.33. The zero-order valence-corrected chi connectivity index (χ0v) is 32.6. The van der Waals surface area contributed by atoms with E-state index in [1.165, 1.54) is 5.56 Å². The minimum atomic E-state index is -0.0141. The van der Waals surface area contributed by atoms with Gasteiger partial charge in [0.25, 0.3) is 0 Å². The van der Waals surface area contributed by atoms with Crippen molar-refractivity contribution >= 4 is 21.8 Å². The van der Waals surface area contributed by atoms with Gasteiger partial charge in [-0.1, -0.05) is 44.5 Å². The molecule has 0 unspecified atom stereocenters. The maximum Gasteiger partial charge on any atom is 2.00 e. The molecule has 7 nitrogen and oxygen atoms in total. The van der Waals surface area contributed by atoms with Gasteiger partial charge in [0.1, 0.15) is 17.3 Å². The van der Waals surface area contributed by atoms with Gasteiger partial charge in [-0.15, -0.1) is 35.7 Å². The van der Waals surface area contributed by atoms with Crippen molar-refractivity contribution in [2.75, 3.05) is 13.2 Å². The molecule has 8 heteroatoms. The van der Waals surface area contributed by atoms with E-state index in [-0.39, 0.29) is 26.5 Å². The molecule has 0 bridgehead atoms. The minimum Gasteiger partial charge on any atom is -0.509 e. The Kier molecular flexibility index (Phi) is 10.1. The fraction of sp³-hybridized carbons (Fsp3) is 0.256. The molecular weight excluding hydrogens is 816 g/mol. The second-order valence-electron chi connectivity index (χ2n) is 13.5. The summed E-state index contributed by atoms with van der Waals surface area (Å²) in [4.78, 5) is 4.79. The molecule has 0 radical (unpaired) electrons. The van der Waals surface area contributed by atoms with E-state index in [9.17, 15) is 0 Å². The molecule has 0 fully saturated rings. The molecule has 0 saturated heterocycles. The normalized spacial score (nSPS) is 11.5. The fourth-order valence-corrected chi connectivity index (χ4v) is 6.52. The van der Waals surface area contributed by atoms with E-state index in [4.69, 9.17) is 24.3 Å². The smallest absolute Gasteiger partial charge is 0.509 e. The molecule has 3 heterocycles. The Morgan fingerprint density at radius 3 is 2.18 bits per heavy atom. The van der Waals surface area contributed by atoms with Crippen molar-refractivity contribution in [2.45, 2.75) is 60.8 Å². The van der Waals surface area contributed by atoms with Crippen molar-refractivity contribution in [3.8, 4) is 45.6 Å². The topological polar surface area (TPSA) is 63.3 Å². The van der Waals surface area contributed by atoms with Gasteiger partial charge in [-0.2, -0.15) is 17.2 Å². The van der Waals surface area contributed by atoms with Gasteiger partial charge in [0.2, 0.25) is 0 Å². The Bertz CT molecular complexity index is 2330. The first-order chi connectivity index (χ1) is 24.1. The predicted molar refractivity (Wildman–Crippen MR) is 201 cm³/mol. The van der Waals surface area contributed by atoms with E-state index in [0.29, 0.717) is 24.7 Å². The molecule has 0 aliphatic heterocycles. The SMILES string of the molecule is CCOc1c(C)c(C)c(C)c(OCC)c1-c1cnn(-c2[c-]c(Oc3[c-]c4c(cc3)c3ccccc3n4-c3cc(C(C)(C)C)ccn3)ccc2)c1.[Pt+2]. The molecule has 4 aromatic carbocycles. The van der Waals surface area contributed by atoms with Crippen LogP contribution in [-0.2, 0) is 26.5 Å². The predicted octanol–water partition coefficient (Wildman–Crippen LogP) is 10.4. The molecule has 7 rings (SSSR count). The van der Waals surface area contributed by atoms with Crippen LogP contribution in [0, 0.1) is 32.9 Å². The van der Waals surface area contributed by atoms with Gasteiger partial charge in [-0.05, 0) is 91.6 Å². The third kappa shape index (κ3) is 6.68. The summed E-state index contributed by atoms with van der Waals surface area (Å²) in [6.45, 7) is 18.0. The number of hydrogen-bond donors (Lipinski definition) is 0. The number of fused-ring (bicyclic) bond motifs is 3. The zero-order chi connectivity index (χ0) is 35.2. The quantitative estimate of drug-likeness (QED) is 0.135. The standard InChI is InChI=1S/C43H42N4O3.Pt/c1-9-48-41-28(4)27(3)29(5)42(49-10-2)40(41)30-25-45-46(26-30)32-14-13-15-33(23-32)50-34-18-19-36-35-16-11-12-17-37(35)47(38(36)24-34)39-22-31(20-21-44-39)43(6,7)8;/h11-22,25-26H,9-10H2,1-8H3;/q-2;+2. The van der Waals surface area contributed by atoms with E-state index in [0.717, 1.165) is 72.6 Å². The Labute approximate surface area is 314 Å². The Morgan fingerprint density at radius 2 is 1.47 bits per heavy atom. The molecule has 262 valence electrons. The van der Waals surface area contributed by atoms with Crippen molar-refractivity contribution < 1.29 is 35.3 Å². The van der Waals surface area contributed by atoms with Gasteiger partial charge in [-0.25, -0.2) is 4.98 Å². The first-order valence-electron chi connectivity index (χ1n) is 17.2. The first kappa shape index (κ1) is 35.9. The molecular formula is C43H42N4O3Pt. The summed E-state index contributed by atoms with van der Waals surface area (Å²) in [6.07, 6.45) is 5.72. The molecule has 3 aromatic heterocycles. The number of nitrogens with zero attached hydrogens (tertiary/aromatic N) is 4. The average molecular weight is 858 g/mol. The summed E-state index contributed by atoms with van der Waals surface area (Å²) < 4.78 is 22.8. The monoisotopic (exact) mass is 857 g/mol. The summed E-state index contributed by atoms with van der Waals surface area (Å²) in [5.74, 6) is 3.62. The van der Waals surface area contributed by atoms with Crippen molar-refractivity contribution in [1.82, 2.24) is 19.3 Å². The summed E-state index contributed by atoms with van der Waals surface area (Å²) >= 11 is 0. The van der Waals surface area contributed by atoms with E-state index >= 15 is 0 Å². The Hall–Kier alpha value is -4.87. The number of rotatable bonds is 9. The molecule has 0 spiro atoms. The molecule has 7 aromatic rings. The first-order valence-corrected chi connectivity index (χ1v) is 17.2. The van der Waals surface area contributed by atoms with Gasteiger partial charge >= 0.3 is 21.1 Å². The molecule has 51 heavy (non-hydrogen) atoms. The van der Waals surface area contributed by atoms with Gasteiger partial charge in [0.15, 0.2) is 0 Å². The van der Waals surface area contributed by atoms with Gasteiger partial charge < -0.3 is 18.8 Å². The number of benzene rings is 4. The van der Waals surface area contributed by atoms with Gasteiger partial charge in [-0.3, -0.25) is 4.68 Å². The number of aromatic nitrogens is 4. The molecule has 0 amide bonds. The maximum absolute atomic E-state index is 6.43. The van der Waals surface area contributed by atoms with Crippen LogP contribution >= 0.6 is 0 Å².